The van der Waals surface area contributed by atoms with Gasteiger partial charge in [0.1, 0.15) is 0 Å². The molecule has 6 heteroatoms. The molecule has 6 nitrogen and oxygen atoms in total. The molecule has 0 radical (unpaired) electrons. The molecule has 3 heterocycles. The van der Waals surface area contributed by atoms with Crippen molar-refractivity contribution in [2.24, 2.45) is 12.8 Å². The summed E-state index contributed by atoms with van der Waals surface area (Å²) in [6.07, 6.45) is 6.13. The van der Waals surface area contributed by atoms with Crippen molar-refractivity contribution in [3.8, 4) is 0 Å². The molecule has 174 valence electrons. The number of aromatic amines is 1. The Morgan fingerprint density at radius 3 is 2.69 bits per heavy atom. The highest BCUT2D eigenvalue weighted by Crippen LogP contribution is 2.38. The molecule has 35 heavy (non-hydrogen) atoms. The Balaban J connectivity index is 1.38. The smallest absolute Gasteiger partial charge is 0.237 e. The van der Waals surface area contributed by atoms with Gasteiger partial charge in [0, 0.05) is 64.8 Å². The van der Waals surface area contributed by atoms with Crippen molar-refractivity contribution in [2.45, 2.75) is 25.9 Å². The summed E-state index contributed by atoms with van der Waals surface area (Å²) in [5.74, 6) is -0.165. The van der Waals surface area contributed by atoms with Gasteiger partial charge in [-0.15, -0.1) is 0 Å². The summed E-state index contributed by atoms with van der Waals surface area (Å²) < 4.78 is 2.24. The number of pyridine rings is 1. The largest absolute Gasteiger partial charge is 0.361 e. The lowest BCUT2D eigenvalue weighted by Gasteiger charge is -2.16. The van der Waals surface area contributed by atoms with Gasteiger partial charge in [-0.2, -0.15) is 0 Å². The van der Waals surface area contributed by atoms with E-state index in [2.05, 4.69) is 70.2 Å². The summed E-state index contributed by atoms with van der Waals surface area (Å²) in [6.45, 7) is 2.54. The fraction of sp³-hybridized carbons (Fsp3) is 0.172. The second kappa shape index (κ2) is 8.25. The van der Waals surface area contributed by atoms with Crippen LogP contribution in [0, 0.1) is 6.92 Å². The molecule has 0 saturated carbocycles. The zero-order chi connectivity index (χ0) is 24.1. The number of hydrogen-bond acceptors (Lipinski definition) is 3. The highest BCUT2D eigenvalue weighted by atomic mass is 16.2. The van der Waals surface area contributed by atoms with Gasteiger partial charge in [0.05, 0.1) is 11.6 Å². The molecule has 0 spiro atoms. The fourth-order valence-electron chi connectivity index (χ4n) is 5.48. The fourth-order valence-corrected chi connectivity index (χ4v) is 5.48. The molecular formula is C29H27N5O. The summed E-state index contributed by atoms with van der Waals surface area (Å²) in [5.41, 5.74) is 13.1. The zero-order valence-electron chi connectivity index (χ0n) is 19.8. The first-order valence-corrected chi connectivity index (χ1v) is 11.8. The van der Waals surface area contributed by atoms with Crippen molar-refractivity contribution >= 4 is 49.4 Å². The molecule has 0 bridgehead atoms. The monoisotopic (exact) mass is 461 g/mol. The Morgan fingerprint density at radius 2 is 1.83 bits per heavy atom. The van der Waals surface area contributed by atoms with E-state index in [1.165, 1.54) is 16.5 Å². The lowest BCUT2D eigenvalue weighted by molar-refractivity contribution is -0.122. The number of carbonyl (C=O) groups excluding carboxylic acids is 1. The summed E-state index contributed by atoms with van der Waals surface area (Å²) in [5, 5.41) is 8.76. The molecule has 3 aromatic carbocycles. The van der Waals surface area contributed by atoms with Crippen LogP contribution >= 0.6 is 0 Å². The number of para-hydroxylation sites is 2. The van der Waals surface area contributed by atoms with Crippen LogP contribution in [0.4, 0.5) is 0 Å². The average Bonchev–Trinajstić information content (AvgIpc) is 3.43. The van der Waals surface area contributed by atoms with Gasteiger partial charge < -0.3 is 20.6 Å². The van der Waals surface area contributed by atoms with Gasteiger partial charge >= 0.3 is 0 Å². The third kappa shape index (κ3) is 3.37. The lowest BCUT2D eigenvalue weighted by Crippen LogP contribution is -2.41. The van der Waals surface area contributed by atoms with Gasteiger partial charge in [-0.25, -0.2) is 0 Å². The first kappa shape index (κ1) is 21.4. The number of hydrogen-bond donors (Lipinski definition) is 3. The topological polar surface area (TPSA) is 88.7 Å². The molecular weight excluding hydrogens is 434 g/mol. The lowest BCUT2D eigenvalue weighted by atomic mass is 9.95. The molecule has 0 aliphatic rings. The molecule has 0 saturated heterocycles. The number of nitrogens with zero attached hydrogens (tertiary/aromatic N) is 2. The number of fused-ring (bicyclic) bond motifs is 5. The van der Waals surface area contributed by atoms with Crippen molar-refractivity contribution < 1.29 is 4.79 Å². The Labute approximate surface area is 202 Å². The highest BCUT2D eigenvalue weighted by Gasteiger charge is 2.21. The molecule has 0 aliphatic carbocycles. The first-order valence-electron chi connectivity index (χ1n) is 11.8. The van der Waals surface area contributed by atoms with Gasteiger partial charge in [0.2, 0.25) is 5.91 Å². The molecule has 6 aromatic rings. The van der Waals surface area contributed by atoms with Crippen molar-refractivity contribution in [1.29, 1.82) is 0 Å². The Bertz CT molecular complexity index is 1740. The second-order valence-electron chi connectivity index (χ2n) is 9.21. The van der Waals surface area contributed by atoms with Crippen LogP contribution in [0.3, 0.4) is 0 Å². The minimum Gasteiger partial charge on any atom is -0.361 e. The number of aromatic nitrogens is 3. The van der Waals surface area contributed by atoms with Crippen LogP contribution in [0.1, 0.15) is 16.7 Å². The van der Waals surface area contributed by atoms with E-state index in [-0.39, 0.29) is 5.91 Å². The van der Waals surface area contributed by atoms with Crippen LogP contribution in [0.25, 0.3) is 43.5 Å². The average molecular weight is 462 g/mol. The standard InChI is InChI=1S/C29H27N5O/c1-17-19-11-12-31-15-22(19)23(27-21-8-4-6-10-26(21)34(2)28(17)27)16-33-29(35)24(30)13-18-14-32-25-9-5-3-7-20(18)25/h3-12,14-15,24,32H,13,16,30H2,1-2H3,(H,33,35). The second-order valence-corrected chi connectivity index (χ2v) is 9.21. The molecule has 3 aromatic heterocycles. The van der Waals surface area contributed by atoms with Crippen molar-refractivity contribution in [3.05, 3.63) is 89.9 Å². The number of rotatable bonds is 5. The number of nitrogens with one attached hydrogen (secondary N) is 2. The molecule has 6 rings (SSSR count). The summed E-state index contributed by atoms with van der Waals surface area (Å²) in [4.78, 5) is 20.8. The summed E-state index contributed by atoms with van der Waals surface area (Å²) in [6, 6.07) is 17.9. The number of H-pyrrole nitrogens is 1. The zero-order valence-corrected chi connectivity index (χ0v) is 19.8. The number of amides is 1. The highest BCUT2D eigenvalue weighted by molar-refractivity contribution is 6.17. The van der Waals surface area contributed by atoms with Crippen LogP contribution in [0.2, 0.25) is 0 Å². The molecule has 1 amide bonds. The van der Waals surface area contributed by atoms with E-state index in [0.717, 1.165) is 43.7 Å². The van der Waals surface area contributed by atoms with Crippen molar-refractivity contribution in [2.75, 3.05) is 0 Å². The predicted octanol–water partition coefficient (Wildman–Crippen LogP) is 4.86. The van der Waals surface area contributed by atoms with Gasteiger partial charge in [0.25, 0.3) is 0 Å². The van der Waals surface area contributed by atoms with E-state index in [0.29, 0.717) is 13.0 Å². The third-order valence-corrected chi connectivity index (χ3v) is 7.21. The minimum absolute atomic E-state index is 0.165. The van der Waals surface area contributed by atoms with E-state index in [4.69, 9.17) is 5.73 Å². The van der Waals surface area contributed by atoms with Crippen LogP contribution in [-0.2, 0) is 24.8 Å². The number of nitrogens with two attached hydrogens (primary N) is 1. The third-order valence-electron chi connectivity index (χ3n) is 7.21. The van der Waals surface area contributed by atoms with Crippen LogP contribution in [-0.4, -0.2) is 26.5 Å². The number of aryl methyl sites for hydroxylation is 2. The predicted molar refractivity (Wildman–Crippen MR) is 142 cm³/mol. The van der Waals surface area contributed by atoms with E-state index in [1.807, 2.05) is 36.8 Å². The van der Waals surface area contributed by atoms with Gasteiger partial charge in [-0.05, 0) is 53.6 Å². The number of carbonyl (C=O) groups is 1. The maximum absolute atomic E-state index is 13.1. The minimum atomic E-state index is -0.646. The molecule has 1 atom stereocenters. The summed E-state index contributed by atoms with van der Waals surface area (Å²) >= 11 is 0. The maximum atomic E-state index is 13.1. The SMILES string of the molecule is Cc1c2ccncc2c(CNC(=O)C(N)Cc2c[nH]c3ccccc23)c2c3ccccc3n(C)c12. The van der Waals surface area contributed by atoms with Gasteiger partial charge in [0.15, 0.2) is 0 Å². The van der Waals surface area contributed by atoms with E-state index >= 15 is 0 Å². The van der Waals surface area contributed by atoms with Crippen LogP contribution < -0.4 is 11.1 Å². The molecule has 0 fully saturated rings. The first-order chi connectivity index (χ1) is 17.0. The van der Waals surface area contributed by atoms with E-state index in [1.54, 1.807) is 0 Å². The van der Waals surface area contributed by atoms with Gasteiger partial charge in [-0.3, -0.25) is 9.78 Å². The quantitative estimate of drug-likeness (QED) is 0.343. The Morgan fingerprint density at radius 1 is 1.06 bits per heavy atom. The van der Waals surface area contributed by atoms with Crippen molar-refractivity contribution in [3.63, 3.8) is 0 Å². The van der Waals surface area contributed by atoms with E-state index in [9.17, 15) is 4.79 Å². The molecule has 1 unspecified atom stereocenters. The summed E-state index contributed by atoms with van der Waals surface area (Å²) in [7, 11) is 2.10. The normalized spacial score (nSPS) is 12.7. The van der Waals surface area contributed by atoms with Crippen LogP contribution in [0.5, 0.6) is 0 Å². The van der Waals surface area contributed by atoms with Crippen molar-refractivity contribution in [1.82, 2.24) is 19.9 Å². The number of benzene rings is 3. The Kier molecular flexibility index (Phi) is 5.04. The Hall–Kier alpha value is -4.16. The van der Waals surface area contributed by atoms with Crippen LogP contribution in [0.15, 0.2) is 73.2 Å². The van der Waals surface area contributed by atoms with Gasteiger partial charge in [-0.1, -0.05) is 36.4 Å². The molecule has 4 N–H and O–H groups in total. The maximum Gasteiger partial charge on any atom is 0.237 e. The van der Waals surface area contributed by atoms with E-state index < -0.39 is 6.04 Å². The molecule has 0 aliphatic heterocycles.